The van der Waals surface area contributed by atoms with Crippen LogP contribution in [0.4, 0.5) is 11.4 Å². The molecule has 6 heteroatoms. The van der Waals surface area contributed by atoms with Crippen molar-refractivity contribution in [1.29, 1.82) is 0 Å². The zero-order chi connectivity index (χ0) is 20.1. The van der Waals surface area contributed by atoms with Crippen molar-refractivity contribution < 1.29 is 9.59 Å². The second kappa shape index (κ2) is 8.52. The first kappa shape index (κ1) is 19.4. The zero-order valence-electron chi connectivity index (χ0n) is 16.3. The largest absolute Gasteiger partial charge is 0.326 e. The molecule has 0 aliphatic carbocycles. The Kier molecular flexibility index (Phi) is 5.89. The summed E-state index contributed by atoms with van der Waals surface area (Å²) in [5.41, 5.74) is 3.86. The number of rotatable bonds is 6. The smallest absolute Gasteiger partial charge is 0.255 e. The van der Waals surface area contributed by atoms with Crippen LogP contribution in [0.25, 0.3) is 5.69 Å². The highest BCUT2D eigenvalue weighted by Gasteiger charge is 2.09. The fourth-order valence-electron chi connectivity index (χ4n) is 2.82. The van der Waals surface area contributed by atoms with Crippen molar-refractivity contribution in [2.45, 2.75) is 27.2 Å². The monoisotopic (exact) mass is 376 g/mol. The number of amides is 2. The molecule has 1 heterocycles. The van der Waals surface area contributed by atoms with Gasteiger partial charge in [0.15, 0.2) is 0 Å². The van der Waals surface area contributed by atoms with Gasteiger partial charge in [-0.3, -0.25) is 9.59 Å². The van der Waals surface area contributed by atoms with E-state index in [1.54, 1.807) is 42.6 Å². The normalized spacial score (nSPS) is 10.7. The molecule has 1 aromatic heterocycles. The van der Waals surface area contributed by atoms with Gasteiger partial charge in [-0.25, -0.2) is 4.68 Å². The van der Waals surface area contributed by atoms with Gasteiger partial charge in [0, 0.05) is 35.2 Å². The zero-order valence-corrected chi connectivity index (χ0v) is 16.3. The molecule has 2 amide bonds. The molecular weight excluding hydrogens is 352 g/mol. The van der Waals surface area contributed by atoms with Gasteiger partial charge in [0.2, 0.25) is 5.91 Å². The van der Waals surface area contributed by atoms with Gasteiger partial charge < -0.3 is 10.6 Å². The Hall–Kier alpha value is -3.41. The summed E-state index contributed by atoms with van der Waals surface area (Å²) in [6.45, 7) is 5.98. The maximum atomic E-state index is 12.5. The molecule has 28 heavy (non-hydrogen) atoms. The summed E-state index contributed by atoms with van der Waals surface area (Å²) in [7, 11) is 0. The van der Waals surface area contributed by atoms with Crippen molar-refractivity contribution in [3.63, 3.8) is 0 Å². The molecule has 0 unspecified atom stereocenters. The fourth-order valence-corrected chi connectivity index (χ4v) is 2.82. The van der Waals surface area contributed by atoms with Crippen molar-refractivity contribution in [3.8, 4) is 5.69 Å². The van der Waals surface area contributed by atoms with Crippen LogP contribution in [-0.4, -0.2) is 21.6 Å². The maximum Gasteiger partial charge on any atom is 0.255 e. The first-order valence-corrected chi connectivity index (χ1v) is 9.24. The van der Waals surface area contributed by atoms with Crippen molar-refractivity contribution in [1.82, 2.24) is 9.78 Å². The highest BCUT2D eigenvalue weighted by molar-refractivity contribution is 6.04. The van der Waals surface area contributed by atoms with Crippen LogP contribution in [0.2, 0.25) is 0 Å². The molecule has 0 fully saturated rings. The van der Waals surface area contributed by atoms with Crippen molar-refractivity contribution in [3.05, 3.63) is 72.1 Å². The molecule has 0 radical (unpaired) electrons. The Labute approximate surface area is 164 Å². The molecule has 0 aliphatic heterocycles. The molecule has 3 aromatic rings. The molecule has 144 valence electrons. The Morgan fingerprint density at radius 3 is 2.07 bits per heavy atom. The van der Waals surface area contributed by atoms with E-state index >= 15 is 0 Å². The third-order valence-corrected chi connectivity index (χ3v) is 4.23. The minimum atomic E-state index is -0.194. The number of nitrogens with zero attached hydrogens (tertiary/aromatic N) is 2. The fraction of sp³-hybridized carbons (Fsp3) is 0.227. The Balaban J connectivity index is 1.61. The Morgan fingerprint density at radius 2 is 1.54 bits per heavy atom. The van der Waals surface area contributed by atoms with Crippen LogP contribution in [0.1, 0.15) is 36.3 Å². The van der Waals surface area contributed by atoms with Crippen LogP contribution in [0.3, 0.4) is 0 Å². The summed E-state index contributed by atoms with van der Waals surface area (Å²) < 4.78 is 1.81. The molecule has 0 saturated heterocycles. The third kappa shape index (κ3) is 4.85. The van der Waals surface area contributed by atoms with Crippen LogP contribution in [0, 0.1) is 12.8 Å². The number of anilines is 2. The Bertz CT molecular complexity index is 957. The van der Waals surface area contributed by atoms with E-state index < -0.39 is 0 Å². The van der Waals surface area contributed by atoms with Crippen molar-refractivity contribution in [2.75, 3.05) is 10.6 Å². The lowest BCUT2D eigenvalue weighted by molar-refractivity contribution is -0.116. The van der Waals surface area contributed by atoms with Gasteiger partial charge in [-0.2, -0.15) is 5.10 Å². The molecule has 0 saturated carbocycles. The number of hydrogen-bond donors (Lipinski definition) is 2. The first-order valence-electron chi connectivity index (χ1n) is 9.24. The molecule has 3 rings (SSSR count). The van der Waals surface area contributed by atoms with Crippen LogP contribution >= 0.6 is 0 Å². The average Bonchev–Trinajstić information content (AvgIpc) is 3.08. The predicted molar refractivity (Wildman–Crippen MR) is 111 cm³/mol. The Morgan fingerprint density at radius 1 is 0.929 bits per heavy atom. The van der Waals surface area contributed by atoms with E-state index in [0.717, 1.165) is 11.4 Å². The quantitative estimate of drug-likeness (QED) is 0.669. The summed E-state index contributed by atoms with van der Waals surface area (Å²) in [6, 6.07) is 16.3. The number of hydrogen-bond acceptors (Lipinski definition) is 3. The van der Waals surface area contributed by atoms with Gasteiger partial charge in [-0.05, 0) is 67.4 Å². The molecule has 0 atom stereocenters. The van der Waals surface area contributed by atoms with Gasteiger partial charge in [-0.15, -0.1) is 0 Å². The summed E-state index contributed by atoms with van der Waals surface area (Å²) >= 11 is 0. The number of carbonyl (C=O) groups is 2. The lowest BCUT2D eigenvalue weighted by atomic mass is 10.1. The lowest BCUT2D eigenvalue weighted by Gasteiger charge is -2.10. The van der Waals surface area contributed by atoms with E-state index in [1.807, 2.05) is 43.7 Å². The predicted octanol–water partition coefficient (Wildman–Crippen LogP) is 4.42. The number of carbonyl (C=O) groups excluding carboxylic acids is 2. The summed E-state index contributed by atoms with van der Waals surface area (Å²) in [4.78, 5) is 24.3. The molecule has 6 nitrogen and oxygen atoms in total. The van der Waals surface area contributed by atoms with Crippen LogP contribution in [-0.2, 0) is 4.79 Å². The van der Waals surface area contributed by atoms with E-state index in [-0.39, 0.29) is 11.8 Å². The van der Waals surface area contributed by atoms with Crippen molar-refractivity contribution in [2.24, 2.45) is 5.92 Å². The van der Waals surface area contributed by atoms with Gasteiger partial charge in [-0.1, -0.05) is 13.8 Å². The summed E-state index contributed by atoms with van der Waals surface area (Å²) in [6.07, 6.45) is 2.22. The van der Waals surface area contributed by atoms with E-state index in [9.17, 15) is 9.59 Å². The maximum absolute atomic E-state index is 12.5. The topological polar surface area (TPSA) is 76.0 Å². The lowest BCUT2D eigenvalue weighted by Crippen LogP contribution is -2.14. The first-order chi connectivity index (χ1) is 13.4. The van der Waals surface area contributed by atoms with E-state index in [1.165, 1.54) is 0 Å². The highest BCUT2D eigenvalue weighted by atomic mass is 16.2. The van der Waals surface area contributed by atoms with Gasteiger partial charge in [0.1, 0.15) is 0 Å². The minimum absolute atomic E-state index is 0.0145. The van der Waals surface area contributed by atoms with E-state index in [2.05, 4.69) is 15.7 Å². The number of aromatic nitrogens is 2. The van der Waals surface area contributed by atoms with Crippen LogP contribution in [0.5, 0.6) is 0 Å². The van der Waals surface area contributed by atoms with E-state index in [0.29, 0.717) is 29.3 Å². The van der Waals surface area contributed by atoms with Gasteiger partial charge in [0.25, 0.3) is 5.91 Å². The standard InChI is InChI=1S/C22H24N4O2/c1-15(2)14-21(27)24-18-6-8-19(9-7-18)25-22(28)17-4-10-20(11-5-17)26-16(3)12-13-23-26/h4-13,15H,14H2,1-3H3,(H,24,27)(H,25,28). The third-order valence-electron chi connectivity index (χ3n) is 4.23. The average molecular weight is 376 g/mol. The SMILES string of the molecule is Cc1ccnn1-c1ccc(C(=O)Nc2ccc(NC(=O)CC(C)C)cc2)cc1. The highest BCUT2D eigenvalue weighted by Crippen LogP contribution is 2.17. The van der Waals surface area contributed by atoms with Gasteiger partial charge in [0.05, 0.1) is 5.69 Å². The summed E-state index contributed by atoms with van der Waals surface area (Å²) in [5, 5.41) is 9.97. The molecule has 0 spiro atoms. The van der Waals surface area contributed by atoms with Crippen LogP contribution in [0.15, 0.2) is 60.8 Å². The second-order valence-electron chi connectivity index (χ2n) is 7.11. The van der Waals surface area contributed by atoms with Gasteiger partial charge >= 0.3 is 0 Å². The summed E-state index contributed by atoms with van der Waals surface area (Å²) in [5.74, 6) is 0.0989. The second-order valence-corrected chi connectivity index (χ2v) is 7.11. The van der Waals surface area contributed by atoms with Crippen LogP contribution < -0.4 is 10.6 Å². The molecule has 0 aliphatic rings. The minimum Gasteiger partial charge on any atom is -0.326 e. The number of nitrogens with one attached hydrogen (secondary N) is 2. The molecule has 2 N–H and O–H groups in total. The van der Waals surface area contributed by atoms with Crippen molar-refractivity contribution >= 4 is 23.2 Å². The van der Waals surface area contributed by atoms with E-state index in [4.69, 9.17) is 0 Å². The molecule has 2 aromatic carbocycles. The number of benzene rings is 2. The molecular formula is C22H24N4O2. The molecule has 0 bridgehead atoms. The number of aryl methyl sites for hydroxylation is 1.